The SMILES string of the molecule is CCN(CC)c1ccc(NC(=O)CN2CCCC2c2ccccc2)cc1. The Morgan fingerprint density at radius 1 is 1.08 bits per heavy atom. The first-order valence-corrected chi connectivity index (χ1v) is 9.65. The Morgan fingerprint density at radius 3 is 2.42 bits per heavy atom. The van der Waals surface area contributed by atoms with E-state index in [1.807, 2.05) is 18.2 Å². The fourth-order valence-corrected chi connectivity index (χ4v) is 3.80. The summed E-state index contributed by atoms with van der Waals surface area (Å²) in [4.78, 5) is 17.1. The third-order valence-corrected chi connectivity index (χ3v) is 5.17. The van der Waals surface area contributed by atoms with E-state index < -0.39 is 0 Å². The molecule has 1 amide bonds. The Balaban J connectivity index is 1.58. The van der Waals surface area contributed by atoms with E-state index >= 15 is 0 Å². The molecule has 1 fully saturated rings. The minimum Gasteiger partial charge on any atom is -0.372 e. The number of nitrogens with zero attached hydrogens (tertiary/aromatic N) is 2. The first-order chi connectivity index (χ1) is 12.7. The summed E-state index contributed by atoms with van der Waals surface area (Å²) < 4.78 is 0. The molecule has 0 bridgehead atoms. The van der Waals surface area contributed by atoms with Crippen LogP contribution in [0, 0.1) is 0 Å². The zero-order chi connectivity index (χ0) is 18.4. The third-order valence-electron chi connectivity index (χ3n) is 5.17. The van der Waals surface area contributed by atoms with E-state index in [0.717, 1.165) is 38.2 Å². The van der Waals surface area contributed by atoms with Gasteiger partial charge in [0.05, 0.1) is 6.54 Å². The van der Waals surface area contributed by atoms with Gasteiger partial charge in [-0.05, 0) is 63.1 Å². The summed E-state index contributed by atoms with van der Waals surface area (Å²) in [6.07, 6.45) is 2.27. The highest BCUT2D eigenvalue weighted by Crippen LogP contribution is 2.31. The van der Waals surface area contributed by atoms with Gasteiger partial charge in [-0.15, -0.1) is 0 Å². The van der Waals surface area contributed by atoms with Crippen LogP contribution < -0.4 is 10.2 Å². The number of benzene rings is 2. The van der Waals surface area contributed by atoms with E-state index in [1.54, 1.807) is 0 Å². The van der Waals surface area contributed by atoms with Crippen molar-refractivity contribution in [3.8, 4) is 0 Å². The predicted molar refractivity (Wildman–Crippen MR) is 109 cm³/mol. The lowest BCUT2D eigenvalue weighted by molar-refractivity contribution is -0.117. The van der Waals surface area contributed by atoms with E-state index in [1.165, 1.54) is 11.3 Å². The Labute approximate surface area is 156 Å². The predicted octanol–water partition coefficient (Wildman–Crippen LogP) is 4.31. The Kier molecular flexibility index (Phi) is 6.29. The highest BCUT2D eigenvalue weighted by molar-refractivity contribution is 5.92. The van der Waals surface area contributed by atoms with Gasteiger partial charge in [-0.25, -0.2) is 0 Å². The number of likely N-dealkylation sites (tertiary alicyclic amines) is 1. The van der Waals surface area contributed by atoms with E-state index in [-0.39, 0.29) is 5.91 Å². The number of amides is 1. The molecular formula is C22H29N3O. The topological polar surface area (TPSA) is 35.6 Å². The van der Waals surface area contributed by atoms with Gasteiger partial charge in [0, 0.05) is 30.5 Å². The molecule has 0 aromatic heterocycles. The first-order valence-electron chi connectivity index (χ1n) is 9.65. The molecule has 0 radical (unpaired) electrons. The average molecular weight is 351 g/mol. The first kappa shape index (κ1) is 18.5. The van der Waals surface area contributed by atoms with Gasteiger partial charge in [0.2, 0.25) is 5.91 Å². The van der Waals surface area contributed by atoms with Crippen molar-refractivity contribution in [3.05, 3.63) is 60.2 Å². The van der Waals surface area contributed by atoms with Gasteiger partial charge in [0.25, 0.3) is 0 Å². The molecule has 2 aromatic carbocycles. The molecule has 4 nitrogen and oxygen atoms in total. The maximum absolute atomic E-state index is 12.5. The fourth-order valence-electron chi connectivity index (χ4n) is 3.80. The number of hydrogen-bond acceptors (Lipinski definition) is 3. The van der Waals surface area contributed by atoms with Crippen LogP contribution in [0.5, 0.6) is 0 Å². The van der Waals surface area contributed by atoms with Gasteiger partial charge >= 0.3 is 0 Å². The van der Waals surface area contributed by atoms with E-state index in [4.69, 9.17) is 0 Å². The van der Waals surface area contributed by atoms with Gasteiger partial charge in [-0.1, -0.05) is 30.3 Å². The van der Waals surface area contributed by atoms with Crippen molar-refractivity contribution in [2.24, 2.45) is 0 Å². The second kappa shape index (κ2) is 8.86. The largest absolute Gasteiger partial charge is 0.372 e. The summed E-state index contributed by atoms with van der Waals surface area (Å²) in [5, 5.41) is 3.04. The molecule has 0 aliphatic carbocycles. The van der Waals surface area contributed by atoms with Gasteiger partial charge in [0.1, 0.15) is 0 Å². The van der Waals surface area contributed by atoms with Gasteiger partial charge in [-0.3, -0.25) is 9.69 Å². The van der Waals surface area contributed by atoms with Crippen LogP contribution in [0.25, 0.3) is 0 Å². The highest BCUT2D eigenvalue weighted by atomic mass is 16.2. The number of hydrogen-bond donors (Lipinski definition) is 1. The van der Waals surface area contributed by atoms with Crippen molar-refractivity contribution >= 4 is 17.3 Å². The van der Waals surface area contributed by atoms with Crippen molar-refractivity contribution in [3.63, 3.8) is 0 Å². The van der Waals surface area contributed by atoms with E-state index in [9.17, 15) is 4.79 Å². The Bertz CT molecular complexity index is 695. The smallest absolute Gasteiger partial charge is 0.238 e. The number of carbonyl (C=O) groups is 1. The lowest BCUT2D eigenvalue weighted by Crippen LogP contribution is -2.32. The van der Waals surface area contributed by atoms with E-state index in [0.29, 0.717) is 12.6 Å². The van der Waals surface area contributed by atoms with Crippen LogP contribution in [0.4, 0.5) is 11.4 Å². The second-order valence-electron chi connectivity index (χ2n) is 6.81. The minimum absolute atomic E-state index is 0.0587. The maximum Gasteiger partial charge on any atom is 0.238 e. The van der Waals surface area contributed by atoms with Crippen molar-refractivity contribution in [1.29, 1.82) is 0 Å². The van der Waals surface area contributed by atoms with Crippen molar-refractivity contribution in [2.45, 2.75) is 32.7 Å². The molecule has 1 saturated heterocycles. The normalized spacial score (nSPS) is 17.2. The zero-order valence-corrected chi connectivity index (χ0v) is 15.8. The summed E-state index contributed by atoms with van der Waals surface area (Å²) in [5.74, 6) is 0.0587. The van der Waals surface area contributed by atoms with Gasteiger partial charge < -0.3 is 10.2 Å². The maximum atomic E-state index is 12.5. The second-order valence-corrected chi connectivity index (χ2v) is 6.81. The molecule has 1 N–H and O–H groups in total. The lowest BCUT2D eigenvalue weighted by Gasteiger charge is -2.24. The van der Waals surface area contributed by atoms with Crippen LogP contribution in [0.15, 0.2) is 54.6 Å². The molecule has 1 heterocycles. The minimum atomic E-state index is 0.0587. The summed E-state index contributed by atoms with van der Waals surface area (Å²) >= 11 is 0. The third kappa shape index (κ3) is 4.44. The molecule has 0 spiro atoms. The average Bonchev–Trinajstić information content (AvgIpc) is 3.13. The number of rotatable bonds is 7. The number of carbonyl (C=O) groups excluding carboxylic acids is 1. The number of anilines is 2. The molecule has 0 saturated carbocycles. The fraction of sp³-hybridized carbons (Fsp3) is 0.409. The van der Waals surface area contributed by atoms with Crippen LogP contribution >= 0.6 is 0 Å². The molecular weight excluding hydrogens is 322 g/mol. The quantitative estimate of drug-likeness (QED) is 0.807. The Hall–Kier alpha value is -2.33. The van der Waals surface area contributed by atoms with Crippen LogP contribution in [-0.2, 0) is 4.79 Å². The summed E-state index contributed by atoms with van der Waals surface area (Å²) in [7, 11) is 0. The molecule has 3 rings (SSSR count). The number of nitrogens with one attached hydrogen (secondary N) is 1. The van der Waals surface area contributed by atoms with Gasteiger partial charge in [-0.2, -0.15) is 0 Å². The van der Waals surface area contributed by atoms with Crippen molar-refractivity contribution < 1.29 is 4.79 Å². The molecule has 1 unspecified atom stereocenters. The standard InChI is InChI=1S/C22H29N3O/c1-3-24(4-2)20-14-12-19(13-15-20)23-22(26)17-25-16-8-11-21(25)18-9-6-5-7-10-18/h5-7,9-10,12-15,21H,3-4,8,11,16-17H2,1-2H3,(H,23,26). The van der Waals surface area contributed by atoms with Crippen molar-refractivity contribution in [1.82, 2.24) is 4.90 Å². The highest BCUT2D eigenvalue weighted by Gasteiger charge is 2.27. The monoisotopic (exact) mass is 351 g/mol. The van der Waals surface area contributed by atoms with Crippen LogP contribution in [0.1, 0.15) is 38.3 Å². The molecule has 1 atom stereocenters. The molecule has 2 aromatic rings. The van der Waals surface area contributed by atoms with Crippen LogP contribution in [0.2, 0.25) is 0 Å². The van der Waals surface area contributed by atoms with Crippen LogP contribution in [-0.4, -0.2) is 37.0 Å². The van der Waals surface area contributed by atoms with Crippen LogP contribution in [0.3, 0.4) is 0 Å². The summed E-state index contributed by atoms with van der Waals surface area (Å²) in [5.41, 5.74) is 3.36. The van der Waals surface area contributed by atoms with E-state index in [2.05, 4.69) is 65.4 Å². The Morgan fingerprint density at radius 2 is 1.77 bits per heavy atom. The summed E-state index contributed by atoms with van der Waals surface area (Å²) in [6.45, 7) is 7.69. The van der Waals surface area contributed by atoms with Gasteiger partial charge in [0.15, 0.2) is 0 Å². The molecule has 1 aliphatic rings. The lowest BCUT2D eigenvalue weighted by atomic mass is 10.0. The molecule has 4 heteroatoms. The zero-order valence-electron chi connectivity index (χ0n) is 15.8. The molecule has 1 aliphatic heterocycles. The van der Waals surface area contributed by atoms with Crippen molar-refractivity contribution in [2.75, 3.05) is 36.4 Å². The molecule has 26 heavy (non-hydrogen) atoms. The summed E-state index contributed by atoms with van der Waals surface area (Å²) in [6, 6.07) is 19.0. The molecule has 138 valence electrons.